The van der Waals surface area contributed by atoms with Gasteiger partial charge in [-0.3, -0.25) is 9.10 Å². The minimum atomic E-state index is -3.96. The highest BCUT2D eigenvalue weighted by Crippen LogP contribution is 2.30. The number of amides is 1. The van der Waals surface area contributed by atoms with Crippen molar-refractivity contribution in [1.29, 1.82) is 0 Å². The van der Waals surface area contributed by atoms with Gasteiger partial charge in [0.1, 0.15) is 12.3 Å². The van der Waals surface area contributed by atoms with E-state index in [0.717, 1.165) is 34.7 Å². The number of benzene rings is 3. The largest absolute Gasteiger partial charge is 0.494 e. The van der Waals surface area contributed by atoms with E-state index in [4.69, 9.17) is 4.74 Å². The molecule has 1 aliphatic carbocycles. The Kier molecular flexibility index (Phi) is 7.22. The Morgan fingerprint density at radius 2 is 1.74 bits per heavy atom. The van der Waals surface area contributed by atoms with Gasteiger partial charge in [0.15, 0.2) is 0 Å². The first-order valence-electron chi connectivity index (χ1n) is 11.6. The van der Waals surface area contributed by atoms with E-state index in [9.17, 15) is 13.2 Å². The van der Waals surface area contributed by atoms with E-state index >= 15 is 0 Å². The van der Waals surface area contributed by atoms with Gasteiger partial charge in [0.05, 0.1) is 23.2 Å². The Labute approximate surface area is 201 Å². The fraction of sp³-hybridized carbons (Fsp3) is 0.296. The monoisotopic (exact) mass is 478 g/mol. The Hall–Kier alpha value is -3.32. The number of anilines is 1. The number of rotatable bonds is 8. The molecule has 1 aliphatic rings. The predicted octanol–water partition coefficient (Wildman–Crippen LogP) is 4.78. The number of fused-ring (bicyclic) bond motifs is 1. The molecule has 1 N–H and O–H groups in total. The van der Waals surface area contributed by atoms with Crippen molar-refractivity contribution < 1.29 is 17.9 Å². The Morgan fingerprint density at radius 1 is 1.03 bits per heavy atom. The average Bonchev–Trinajstić information content (AvgIpc) is 2.84. The molecule has 1 atom stereocenters. The number of sulfonamides is 1. The maximum absolute atomic E-state index is 13.6. The van der Waals surface area contributed by atoms with Gasteiger partial charge in [0.25, 0.3) is 10.0 Å². The van der Waals surface area contributed by atoms with Crippen LogP contribution in [0.2, 0.25) is 0 Å². The van der Waals surface area contributed by atoms with E-state index in [0.29, 0.717) is 18.0 Å². The molecular weight excluding hydrogens is 448 g/mol. The average molecular weight is 479 g/mol. The minimum absolute atomic E-state index is 0.123. The number of carbonyl (C=O) groups excluding carboxylic acids is 1. The highest BCUT2D eigenvalue weighted by Gasteiger charge is 2.29. The van der Waals surface area contributed by atoms with Crippen LogP contribution in [0.4, 0.5) is 5.69 Å². The predicted molar refractivity (Wildman–Crippen MR) is 134 cm³/mol. The van der Waals surface area contributed by atoms with Crippen LogP contribution >= 0.6 is 0 Å². The van der Waals surface area contributed by atoms with Crippen molar-refractivity contribution in [2.24, 2.45) is 0 Å². The summed E-state index contributed by atoms with van der Waals surface area (Å²) < 4.78 is 33.8. The molecule has 0 fully saturated rings. The summed E-state index contributed by atoms with van der Waals surface area (Å²) >= 11 is 0. The van der Waals surface area contributed by atoms with E-state index in [1.807, 2.05) is 32.0 Å². The fourth-order valence-corrected chi connectivity index (χ4v) is 5.72. The molecule has 178 valence electrons. The van der Waals surface area contributed by atoms with Crippen molar-refractivity contribution in [1.82, 2.24) is 5.32 Å². The molecular formula is C27H30N2O4S. The van der Waals surface area contributed by atoms with Gasteiger partial charge < -0.3 is 10.1 Å². The van der Waals surface area contributed by atoms with Crippen molar-refractivity contribution in [2.45, 2.75) is 44.0 Å². The topological polar surface area (TPSA) is 75.7 Å². The number of nitrogens with one attached hydrogen (secondary N) is 1. The summed E-state index contributed by atoms with van der Waals surface area (Å²) in [6.07, 6.45) is 2.80. The summed E-state index contributed by atoms with van der Waals surface area (Å²) in [5.74, 6) is 0.300. The smallest absolute Gasteiger partial charge is 0.264 e. The number of hydrogen-bond acceptors (Lipinski definition) is 4. The first kappa shape index (κ1) is 23.8. The molecule has 0 radical (unpaired) electrons. The zero-order valence-electron chi connectivity index (χ0n) is 19.5. The van der Waals surface area contributed by atoms with E-state index in [-0.39, 0.29) is 23.4 Å². The molecule has 0 aromatic heterocycles. The van der Waals surface area contributed by atoms with Crippen molar-refractivity contribution in [2.75, 3.05) is 17.5 Å². The number of ether oxygens (including phenoxy) is 1. The van der Waals surface area contributed by atoms with E-state index in [2.05, 4.69) is 11.4 Å². The van der Waals surface area contributed by atoms with Crippen LogP contribution in [0, 0.1) is 6.92 Å². The highest BCUT2D eigenvalue weighted by molar-refractivity contribution is 7.92. The molecule has 0 bridgehead atoms. The third-order valence-corrected chi connectivity index (χ3v) is 7.82. The van der Waals surface area contributed by atoms with E-state index in [1.54, 1.807) is 48.5 Å². The van der Waals surface area contributed by atoms with Crippen LogP contribution < -0.4 is 14.4 Å². The maximum Gasteiger partial charge on any atom is 0.264 e. The van der Waals surface area contributed by atoms with E-state index in [1.165, 1.54) is 5.56 Å². The Bertz CT molecular complexity index is 1240. The number of nitrogens with zero attached hydrogens (tertiary/aromatic N) is 1. The van der Waals surface area contributed by atoms with Gasteiger partial charge in [-0.1, -0.05) is 42.0 Å². The van der Waals surface area contributed by atoms with Crippen molar-refractivity contribution in [3.8, 4) is 5.75 Å². The lowest BCUT2D eigenvalue weighted by molar-refractivity contribution is -0.120. The van der Waals surface area contributed by atoms with Gasteiger partial charge in [-0.15, -0.1) is 0 Å². The fourth-order valence-electron chi connectivity index (χ4n) is 4.30. The van der Waals surface area contributed by atoms with Crippen LogP contribution in [0.5, 0.6) is 5.75 Å². The van der Waals surface area contributed by atoms with Crippen LogP contribution in [0.1, 0.15) is 42.5 Å². The molecule has 3 aromatic rings. The van der Waals surface area contributed by atoms with Gasteiger partial charge in [0.2, 0.25) is 5.91 Å². The zero-order chi connectivity index (χ0) is 24.1. The van der Waals surface area contributed by atoms with Gasteiger partial charge in [-0.2, -0.15) is 0 Å². The first-order valence-corrected chi connectivity index (χ1v) is 13.0. The van der Waals surface area contributed by atoms with Crippen LogP contribution in [-0.4, -0.2) is 27.5 Å². The van der Waals surface area contributed by atoms with E-state index < -0.39 is 10.0 Å². The van der Waals surface area contributed by atoms with Gasteiger partial charge in [0, 0.05) is 0 Å². The molecule has 34 heavy (non-hydrogen) atoms. The van der Waals surface area contributed by atoms with Crippen molar-refractivity contribution in [3.63, 3.8) is 0 Å². The van der Waals surface area contributed by atoms with Crippen LogP contribution in [0.15, 0.2) is 77.7 Å². The normalized spacial score (nSPS) is 15.3. The molecule has 7 heteroatoms. The van der Waals surface area contributed by atoms with Gasteiger partial charge >= 0.3 is 0 Å². The molecule has 0 aliphatic heterocycles. The summed E-state index contributed by atoms with van der Waals surface area (Å²) in [4.78, 5) is 13.3. The van der Waals surface area contributed by atoms with Crippen LogP contribution in [-0.2, 0) is 21.2 Å². The third-order valence-electron chi connectivity index (χ3n) is 6.04. The lowest BCUT2D eigenvalue weighted by Gasteiger charge is -2.29. The molecule has 1 amide bonds. The Morgan fingerprint density at radius 3 is 2.44 bits per heavy atom. The van der Waals surface area contributed by atoms with Crippen LogP contribution in [0.3, 0.4) is 0 Å². The molecule has 0 heterocycles. The van der Waals surface area contributed by atoms with Crippen LogP contribution in [0.25, 0.3) is 0 Å². The second-order valence-corrected chi connectivity index (χ2v) is 10.3. The second kappa shape index (κ2) is 10.3. The highest BCUT2D eigenvalue weighted by atomic mass is 32.2. The van der Waals surface area contributed by atoms with Gasteiger partial charge in [-0.25, -0.2) is 8.42 Å². The number of carbonyl (C=O) groups is 1. The summed E-state index contributed by atoms with van der Waals surface area (Å²) in [5.41, 5.74) is 3.70. The molecule has 0 spiro atoms. The lowest BCUT2D eigenvalue weighted by Crippen LogP contribution is -2.42. The molecule has 0 saturated carbocycles. The standard InChI is InChI=1S/C27H30N2O4S/c1-3-33-23-15-13-22(14-16-23)29(34(31,32)24-17-11-20(2)12-18-24)19-27(30)28-26-10-6-8-21-7-4-5-9-25(21)26/h4-5,7,9,11-18,26H,3,6,8,10,19H2,1-2H3,(H,28,30)/t26-/m1/s1. The molecule has 0 saturated heterocycles. The number of aryl methyl sites for hydroxylation is 2. The summed E-state index contributed by atoms with van der Waals surface area (Å²) in [5, 5.41) is 3.07. The third kappa shape index (κ3) is 5.25. The van der Waals surface area contributed by atoms with Crippen molar-refractivity contribution in [3.05, 3.63) is 89.5 Å². The quantitative estimate of drug-likeness (QED) is 0.505. The Balaban J connectivity index is 1.62. The first-order chi connectivity index (χ1) is 16.4. The SMILES string of the molecule is CCOc1ccc(N(CC(=O)N[C@@H]2CCCc3ccccc32)S(=O)(=O)c2ccc(C)cc2)cc1. The van der Waals surface area contributed by atoms with Crippen molar-refractivity contribution >= 4 is 21.6 Å². The second-order valence-electron chi connectivity index (χ2n) is 8.46. The maximum atomic E-state index is 13.6. The molecule has 4 rings (SSSR count). The zero-order valence-corrected chi connectivity index (χ0v) is 20.3. The molecule has 6 nitrogen and oxygen atoms in total. The molecule has 3 aromatic carbocycles. The van der Waals surface area contributed by atoms with Gasteiger partial charge in [-0.05, 0) is 80.6 Å². The minimum Gasteiger partial charge on any atom is -0.494 e. The molecule has 0 unspecified atom stereocenters. The lowest BCUT2D eigenvalue weighted by atomic mass is 9.88. The number of hydrogen-bond donors (Lipinski definition) is 1. The summed E-state index contributed by atoms with van der Waals surface area (Å²) in [6, 6.07) is 21.4. The summed E-state index contributed by atoms with van der Waals surface area (Å²) in [7, 11) is -3.96. The summed E-state index contributed by atoms with van der Waals surface area (Å²) in [6.45, 7) is 3.98.